The zero-order chi connectivity index (χ0) is 44.3. The van der Waals surface area contributed by atoms with Gasteiger partial charge in [0.25, 0.3) is 0 Å². The van der Waals surface area contributed by atoms with Crippen molar-refractivity contribution in [3.8, 4) is 50.2 Å². The smallest absolute Gasteiger partial charge is 0.143 e. The molecule has 0 amide bonds. The van der Waals surface area contributed by atoms with Crippen LogP contribution in [0, 0.1) is 0 Å². The minimum atomic E-state index is 0.886. The van der Waals surface area contributed by atoms with E-state index < -0.39 is 0 Å². The molecule has 0 fully saturated rings. The third-order valence-electron chi connectivity index (χ3n) is 13.7. The number of benzene rings is 10. The number of allylic oxidation sites excluding steroid dienone is 1. The molecule has 316 valence electrons. The molecular weight excluding hydrogens is 813 g/mol. The summed E-state index contributed by atoms with van der Waals surface area (Å²) in [7, 11) is 0. The highest BCUT2D eigenvalue weighted by molar-refractivity contribution is 6.11. The van der Waals surface area contributed by atoms with Gasteiger partial charge in [0.15, 0.2) is 0 Å². The number of nitrogens with zero attached hydrogens (tertiary/aromatic N) is 2. The molecule has 10 aromatic carbocycles. The summed E-state index contributed by atoms with van der Waals surface area (Å²) >= 11 is 0. The zero-order valence-electron chi connectivity index (χ0n) is 36.8. The summed E-state index contributed by atoms with van der Waals surface area (Å²) in [6, 6.07) is 83.6. The summed E-state index contributed by atoms with van der Waals surface area (Å²) in [5.74, 6) is 0. The number of fused-ring (bicyclic) bond motifs is 7. The van der Waals surface area contributed by atoms with Gasteiger partial charge in [-0.1, -0.05) is 182 Å². The first-order valence-electron chi connectivity index (χ1n) is 23.2. The van der Waals surface area contributed by atoms with Gasteiger partial charge in [-0.2, -0.15) is 0 Å². The van der Waals surface area contributed by atoms with Crippen molar-refractivity contribution < 1.29 is 4.42 Å². The number of anilines is 3. The molecule has 3 nitrogen and oxygen atoms in total. The molecule has 0 saturated heterocycles. The average molecular weight is 857 g/mol. The second-order valence-corrected chi connectivity index (χ2v) is 17.5. The Morgan fingerprint density at radius 3 is 2.00 bits per heavy atom. The summed E-state index contributed by atoms with van der Waals surface area (Å²) in [5, 5.41) is 6.01. The van der Waals surface area contributed by atoms with Gasteiger partial charge in [0.05, 0.1) is 16.9 Å². The average Bonchev–Trinajstić information content (AvgIpc) is 3.95. The monoisotopic (exact) mass is 856 g/mol. The summed E-state index contributed by atoms with van der Waals surface area (Å²) in [4.78, 5) is 2.41. The fourth-order valence-corrected chi connectivity index (χ4v) is 10.5. The van der Waals surface area contributed by atoms with E-state index in [0.29, 0.717) is 0 Å². The molecule has 2 aromatic heterocycles. The largest absolute Gasteiger partial charge is 0.455 e. The lowest BCUT2D eigenvalue weighted by atomic mass is 9.96. The molecule has 12 aromatic rings. The van der Waals surface area contributed by atoms with Gasteiger partial charge in [-0.05, 0) is 118 Å². The highest BCUT2D eigenvalue weighted by atomic mass is 16.3. The second kappa shape index (κ2) is 16.1. The Morgan fingerprint density at radius 2 is 1.09 bits per heavy atom. The van der Waals surface area contributed by atoms with E-state index in [1.54, 1.807) is 0 Å². The van der Waals surface area contributed by atoms with E-state index >= 15 is 0 Å². The van der Waals surface area contributed by atoms with Gasteiger partial charge in [-0.15, -0.1) is 0 Å². The summed E-state index contributed by atoms with van der Waals surface area (Å²) in [6.45, 7) is 0. The molecule has 1 aliphatic rings. The first-order chi connectivity index (χ1) is 33.2. The molecule has 3 heteroatoms. The Morgan fingerprint density at radius 1 is 0.418 bits per heavy atom. The maximum Gasteiger partial charge on any atom is 0.143 e. The number of para-hydroxylation sites is 4. The van der Waals surface area contributed by atoms with Crippen LogP contribution in [0.2, 0.25) is 0 Å². The van der Waals surface area contributed by atoms with Crippen molar-refractivity contribution >= 4 is 66.8 Å². The SMILES string of the molecule is C1=Cc2c(c3ccccc3n2-c2cc(-c3ccccc3)ccc2-c2ccc(N(c3cccc(-c4ccc5ccccc5c4)c3)c3ccccc3-c3cccc4c3oc3ccccc34)cc2)CC1. The van der Waals surface area contributed by atoms with Gasteiger partial charge in [0, 0.05) is 49.9 Å². The molecule has 0 saturated carbocycles. The van der Waals surface area contributed by atoms with Crippen LogP contribution in [0.4, 0.5) is 17.1 Å². The fourth-order valence-electron chi connectivity index (χ4n) is 10.5. The van der Waals surface area contributed by atoms with Gasteiger partial charge < -0.3 is 13.9 Å². The van der Waals surface area contributed by atoms with Crippen molar-refractivity contribution in [1.29, 1.82) is 0 Å². The molecule has 0 spiro atoms. The number of aromatic nitrogens is 1. The van der Waals surface area contributed by atoms with Crippen LogP contribution < -0.4 is 4.90 Å². The maximum absolute atomic E-state index is 6.68. The minimum absolute atomic E-state index is 0.886. The molecule has 2 heterocycles. The predicted molar refractivity (Wildman–Crippen MR) is 282 cm³/mol. The van der Waals surface area contributed by atoms with E-state index in [9.17, 15) is 0 Å². The fraction of sp³-hybridized carbons (Fsp3) is 0.0312. The van der Waals surface area contributed by atoms with Crippen molar-refractivity contribution in [3.63, 3.8) is 0 Å². The lowest BCUT2D eigenvalue weighted by Crippen LogP contribution is -2.11. The van der Waals surface area contributed by atoms with Crippen molar-refractivity contribution in [2.24, 2.45) is 0 Å². The van der Waals surface area contributed by atoms with Gasteiger partial charge in [-0.3, -0.25) is 0 Å². The van der Waals surface area contributed by atoms with E-state index in [2.05, 4.69) is 246 Å². The lowest BCUT2D eigenvalue weighted by molar-refractivity contribution is 0.670. The second-order valence-electron chi connectivity index (χ2n) is 17.5. The van der Waals surface area contributed by atoms with Crippen molar-refractivity contribution in [2.45, 2.75) is 12.8 Å². The summed E-state index contributed by atoms with van der Waals surface area (Å²) < 4.78 is 9.17. The standard InChI is InChI=1S/C64H44N2O/c1-2-16-43(17-3-1)49-36-39-52(62(42-49)66-60-29-11-6-22-53(60)54-23-7-12-30-61(54)66)45-34-37-50(38-35-45)65(51-21-14-20-47(41-51)48-33-32-44-18-4-5-19-46(44)40-48)59-28-10-8-24-55(59)57-26-15-27-58-56-25-9-13-31-63(56)67-64(57)58/h1-6,8-22,24-42H,7,23H2. The Balaban J connectivity index is 0.993. The van der Waals surface area contributed by atoms with Crippen LogP contribution in [0.3, 0.4) is 0 Å². The highest BCUT2D eigenvalue weighted by Crippen LogP contribution is 2.46. The topological polar surface area (TPSA) is 21.3 Å². The van der Waals surface area contributed by atoms with Gasteiger partial charge in [-0.25, -0.2) is 0 Å². The summed E-state index contributed by atoms with van der Waals surface area (Å²) in [5.41, 5.74) is 19.2. The molecule has 0 radical (unpaired) electrons. The van der Waals surface area contributed by atoms with Gasteiger partial charge in [0.1, 0.15) is 11.2 Å². The van der Waals surface area contributed by atoms with Crippen LogP contribution in [0.25, 0.3) is 99.9 Å². The van der Waals surface area contributed by atoms with Gasteiger partial charge >= 0.3 is 0 Å². The van der Waals surface area contributed by atoms with Crippen LogP contribution in [-0.2, 0) is 6.42 Å². The molecule has 0 aliphatic heterocycles. The minimum Gasteiger partial charge on any atom is -0.455 e. The zero-order valence-corrected chi connectivity index (χ0v) is 36.8. The molecular formula is C64H44N2O. The van der Waals surface area contributed by atoms with Crippen LogP contribution in [-0.4, -0.2) is 4.57 Å². The highest BCUT2D eigenvalue weighted by Gasteiger charge is 2.23. The Hall–Kier alpha value is -8.66. The number of rotatable bonds is 8. The van der Waals surface area contributed by atoms with Crippen molar-refractivity contribution in [2.75, 3.05) is 4.90 Å². The first-order valence-corrected chi connectivity index (χ1v) is 23.2. The molecule has 1 aliphatic carbocycles. The summed E-state index contributed by atoms with van der Waals surface area (Å²) in [6.07, 6.45) is 6.74. The lowest BCUT2D eigenvalue weighted by Gasteiger charge is -2.28. The molecule has 67 heavy (non-hydrogen) atoms. The Bertz CT molecular complexity index is 3870. The van der Waals surface area contributed by atoms with Crippen molar-refractivity contribution in [3.05, 3.63) is 248 Å². The van der Waals surface area contributed by atoms with Crippen LogP contribution in [0.1, 0.15) is 17.7 Å². The van der Waals surface area contributed by atoms with E-state index in [1.165, 1.54) is 60.9 Å². The maximum atomic E-state index is 6.68. The Kier molecular flexibility index (Phi) is 9.31. The number of furan rings is 1. The van der Waals surface area contributed by atoms with Gasteiger partial charge in [0.2, 0.25) is 0 Å². The van der Waals surface area contributed by atoms with E-state index in [4.69, 9.17) is 4.42 Å². The normalized spacial score (nSPS) is 12.3. The quantitative estimate of drug-likeness (QED) is 0.152. The third-order valence-corrected chi connectivity index (χ3v) is 13.7. The van der Waals surface area contributed by atoms with Crippen LogP contribution in [0.5, 0.6) is 0 Å². The first kappa shape index (κ1) is 38.8. The molecule has 0 N–H and O–H groups in total. The number of hydrogen-bond donors (Lipinski definition) is 0. The molecule has 0 atom stereocenters. The van der Waals surface area contributed by atoms with Crippen LogP contribution >= 0.6 is 0 Å². The molecule has 0 bridgehead atoms. The van der Waals surface area contributed by atoms with E-state index in [0.717, 1.165) is 74.1 Å². The van der Waals surface area contributed by atoms with Crippen molar-refractivity contribution in [1.82, 2.24) is 4.57 Å². The Labute approximate surface area is 389 Å². The number of aryl methyl sites for hydroxylation is 1. The number of hydrogen-bond acceptors (Lipinski definition) is 2. The predicted octanol–water partition coefficient (Wildman–Crippen LogP) is 17.8. The van der Waals surface area contributed by atoms with E-state index in [1.807, 2.05) is 6.07 Å². The van der Waals surface area contributed by atoms with E-state index in [-0.39, 0.29) is 0 Å². The van der Waals surface area contributed by atoms with Crippen LogP contribution in [0.15, 0.2) is 241 Å². The molecule has 13 rings (SSSR count). The molecule has 0 unspecified atom stereocenters. The third kappa shape index (κ3) is 6.66.